The molecule has 1 fully saturated rings. The van der Waals surface area contributed by atoms with Crippen LogP contribution >= 0.6 is 15.9 Å². The number of hydrogen-bond acceptors (Lipinski definition) is 4. The smallest absolute Gasteiger partial charge is 0.254 e. The maximum absolute atomic E-state index is 12.7. The van der Waals surface area contributed by atoms with Gasteiger partial charge >= 0.3 is 0 Å². The van der Waals surface area contributed by atoms with Crippen LogP contribution in [0.5, 0.6) is 0 Å². The molecule has 2 aromatic rings. The normalized spacial score (nSPS) is 15.5. The molecule has 2 N–H and O–H groups in total. The lowest BCUT2D eigenvalue weighted by atomic mass is 10.1. The molecule has 30 heavy (non-hydrogen) atoms. The summed E-state index contributed by atoms with van der Waals surface area (Å²) in [6.45, 7) is 2.38. The number of aryl methyl sites for hydroxylation is 1. The van der Waals surface area contributed by atoms with Gasteiger partial charge in [-0.2, -0.15) is 0 Å². The third-order valence-corrected chi connectivity index (χ3v) is 5.28. The third kappa shape index (κ3) is 5.67. The van der Waals surface area contributed by atoms with Crippen molar-refractivity contribution in [1.82, 2.24) is 4.90 Å². The Balaban J connectivity index is 1.59. The summed E-state index contributed by atoms with van der Waals surface area (Å²) in [4.78, 5) is 38.7. The zero-order valence-corrected chi connectivity index (χ0v) is 18.5. The lowest BCUT2D eigenvalue weighted by molar-refractivity contribution is -0.124. The van der Waals surface area contributed by atoms with E-state index < -0.39 is 6.10 Å². The molecule has 1 unspecified atom stereocenters. The monoisotopic (exact) mass is 473 g/mol. The van der Waals surface area contributed by atoms with Gasteiger partial charge in [-0.25, -0.2) is 0 Å². The highest BCUT2D eigenvalue weighted by molar-refractivity contribution is 9.10. The van der Waals surface area contributed by atoms with Crippen LogP contribution in [0.4, 0.5) is 11.4 Å². The number of nitrogens with zero attached hydrogens (tertiary/aromatic N) is 1. The molecule has 1 heterocycles. The van der Waals surface area contributed by atoms with Gasteiger partial charge in [-0.1, -0.05) is 22.0 Å². The fraction of sp³-hybridized carbons (Fsp3) is 0.318. The summed E-state index contributed by atoms with van der Waals surface area (Å²) in [5.41, 5.74) is 2.52. The van der Waals surface area contributed by atoms with Crippen molar-refractivity contribution in [2.24, 2.45) is 0 Å². The fourth-order valence-corrected chi connectivity index (χ4v) is 3.68. The summed E-state index contributed by atoms with van der Waals surface area (Å²) >= 11 is 3.39. The molecule has 0 aromatic heterocycles. The Morgan fingerprint density at radius 3 is 2.67 bits per heavy atom. The Morgan fingerprint density at radius 1 is 1.17 bits per heavy atom. The predicted molar refractivity (Wildman–Crippen MR) is 119 cm³/mol. The highest BCUT2D eigenvalue weighted by Gasteiger charge is 2.24. The lowest BCUT2D eigenvalue weighted by Crippen LogP contribution is -2.35. The van der Waals surface area contributed by atoms with Gasteiger partial charge in [0.1, 0.15) is 6.10 Å². The minimum absolute atomic E-state index is 0.0964. The molecule has 0 saturated carbocycles. The summed E-state index contributed by atoms with van der Waals surface area (Å²) in [5, 5.41) is 5.60. The first-order valence-electron chi connectivity index (χ1n) is 9.67. The van der Waals surface area contributed by atoms with E-state index in [0.29, 0.717) is 30.0 Å². The number of nitrogens with one attached hydrogen (secondary N) is 2. The summed E-state index contributed by atoms with van der Waals surface area (Å²) in [7, 11) is 1.56. The number of halogens is 1. The van der Waals surface area contributed by atoms with Gasteiger partial charge < -0.3 is 20.3 Å². The SMILES string of the molecule is Cc1cc(Br)ccc1NC(=O)CN(C)C(=O)c1cccc(NC(=O)C2CCCO2)c1. The molecule has 1 aliphatic heterocycles. The van der Waals surface area contributed by atoms with E-state index in [0.717, 1.165) is 16.5 Å². The number of carbonyl (C=O) groups is 3. The third-order valence-electron chi connectivity index (χ3n) is 4.79. The van der Waals surface area contributed by atoms with Crippen molar-refractivity contribution in [3.8, 4) is 0 Å². The second-order valence-corrected chi connectivity index (χ2v) is 8.16. The van der Waals surface area contributed by atoms with Crippen LogP contribution in [-0.4, -0.2) is 48.9 Å². The minimum Gasteiger partial charge on any atom is -0.368 e. The number of carbonyl (C=O) groups excluding carboxylic acids is 3. The molecule has 0 radical (unpaired) electrons. The Hall–Kier alpha value is -2.71. The maximum Gasteiger partial charge on any atom is 0.254 e. The zero-order chi connectivity index (χ0) is 21.7. The van der Waals surface area contributed by atoms with Gasteiger partial charge in [-0.05, 0) is 61.7 Å². The molecule has 1 atom stereocenters. The van der Waals surface area contributed by atoms with Crippen molar-refractivity contribution in [2.75, 3.05) is 30.8 Å². The van der Waals surface area contributed by atoms with Crippen LogP contribution in [0, 0.1) is 6.92 Å². The first kappa shape index (κ1) is 22.0. The average Bonchev–Trinajstić information content (AvgIpc) is 3.25. The number of ether oxygens (including phenoxy) is 1. The molecule has 0 spiro atoms. The van der Waals surface area contributed by atoms with E-state index in [1.807, 2.05) is 19.1 Å². The van der Waals surface area contributed by atoms with Crippen LogP contribution in [0.15, 0.2) is 46.9 Å². The van der Waals surface area contributed by atoms with Crippen molar-refractivity contribution < 1.29 is 19.1 Å². The molecular formula is C22H24BrN3O4. The van der Waals surface area contributed by atoms with Crippen LogP contribution in [0.3, 0.4) is 0 Å². The van der Waals surface area contributed by atoms with Gasteiger partial charge in [0.05, 0.1) is 6.54 Å². The summed E-state index contributed by atoms with van der Waals surface area (Å²) < 4.78 is 6.30. The van der Waals surface area contributed by atoms with Crippen molar-refractivity contribution in [3.05, 3.63) is 58.1 Å². The van der Waals surface area contributed by atoms with Crippen molar-refractivity contribution in [2.45, 2.75) is 25.9 Å². The Kier molecular flexibility index (Phi) is 7.23. The molecule has 7 nitrogen and oxygen atoms in total. The van der Waals surface area contributed by atoms with E-state index in [1.165, 1.54) is 4.90 Å². The van der Waals surface area contributed by atoms with Crippen LogP contribution < -0.4 is 10.6 Å². The molecule has 3 amide bonds. The van der Waals surface area contributed by atoms with Crippen LogP contribution in [-0.2, 0) is 14.3 Å². The van der Waals surface area contributed by atoms with Crippen LogP contribution in [0.2, 0.25) is 0 Å². The largest absolute Gasteiger partial charge is 0.368 e. The molecule has 3 rings (SSSR count). The molecule has 1 aliphatic rings. The summed E-state index contributed by atoms with van der Waals surface area (Å²) in [6, 6.07) is 12.2. The van der Waals surface area contributed by atoms with Gasteiger partial charge in [0, 0.05) is 35.1 Å². The molecule has 158 valence electrons. The van der Waals surface area contributed by atoms with Gasteiger partial charge in [-0.15, -0.1) is 0 Å². The predicted octanol–water partition coefficient (Wildman–Crippen LogP) is 3.59. The number of anilines is 2. The second kappa shape index (κ2) is 9.86. The number of rotatable bonds is 6. The second-order valence-electron chi connectivity index (χ2n) is 7.24. The van der Waals surface area contributed by atoms with E-state index in [-0.39, 0.29) is 24.3 Å². The van der Waals surface area contributed by atoms with Gasteiger partial charge in [0.2, 0.25) is 5.91 Å². The molecule has 1 saturated heterocycles. The number of benzene rings is 2. The van der Waals surface area contributed by atoms with E-state index in [9.17, 15) is 14.4 Å². The summed E-state index contributed by atoms with van der Waals surface area (Å²) in [6.07, 6.45) is 1.11. The molecular weight excluding hydrogens is 450 g/mol. The fourth-order valence-electron chi connectivity index (χ4n) is 3.20. The molecule has 8 heteroatoms. The number of amides is 3. The van der Waals surface area contributed by atoms with Gasteiger partial charge in [0.15, 0.2) is 0 Å². The Bertz CT molecular complexity index is 957. The van der Waals surface area contributed by atoms with Crippen molar-refractivity contribution >= 4 is 45.0 Å². The van der Waals surface area contributed by atoms with Gasteiger partial charge in [0.25, 0.3) is 11.8 Å². The first-order chi connectivity index (χ1) is 14.3. The average molecular weight is 474 g/mol. The lowest BCUT2D eigenvalue weighted by Gasteiger charge is -2.18. The summed E-state index contributed by atoms with van der Waals surface area (Å²) in [5.74, 6) is -0.820. The number of likely N-dealkylation sites (N-methyl/N-ethyl adjacent to an activating group) is 1. The maximum atomic E-state index is 12.7. The molecule has 0 aliphatic carbocycles. The quantitative estimate of drug-likeness (QED) is 0.670. The van der Waals surface area contributed by atoms with Crippen LogP contribution in [0.25, 0.3) is 0 Å². The molecule has 0 bridgehead atoms. The Labute approximate surface area is 183 Å². The minimum atomic E-state index is -0.446. The van der Waals surface area contributed by atoms with Crippen molar-refractivity contribution in [1.29, 1.82) is 0 Å². The highest BCUT2D eigenvalue weighted by atomic mass is 79.9. The van der Waals surface area contributed by atoms with E-state index >= 15 is 0 Å². The highest BCUT2D eigenvalue weighted by Crippen LogP contribution is 2.20. The van der Waals surface area contributed by atoms with E-state index in [4.69, 9.17) is 4.74 Å². The standard InChI is InChI=1S/C22H24BrN3O4/c1-14-11-16(23)8-9-18(14)25-20(27)13-26(2)22(29)15-5-3-6-17(12-15)24-21(28)19-7-4-10-30-19/h3,5-6,8-9,11-12,19H,4,7,10,13H2,1-2H3,(H,24,28)(H,25,27). The topological polar surface area (TPSA) is 87.7 Å². The molecule has 2 aromatic carbocycles. The van der Waals surface area contributed by atoms with Gasteiger partial charge in [-0.3, -0.25) is 14.4 Å². The van der Waals surface area contributed by atoms with E-state index in [1.54, 1.807) is 37.4 Å². The van der Waals surface area contributed by atoms with E-state index in [2.05, 4.69) is 26.6 Å². The zero-order valence-electron chi connectivity index (χ0n) is 16.9. The Morgan fingerprint density at radius 2 is 1.97 bits per heavy atom. The number of hydrogen-bond donors (Lipinski definition) is 2. The van der Waals surface area contributed by atoms with Crippen LogP contribution in [0.1, 0.15) is 28.8 Å². The first-order valence-corrected chi connectivity index (χ1v) is 10.5. The van der Waals surface area contributed by atoms with Crippen molar-refractivity contribution in [3.63, 3.8) is 0 Å².